The first-order valence-electron chi connectivity index (χ1n) is 5.55. The smallest absolute Gasteiger partial charge is 0.255 e. The fourth-order valence-electron chi connectivity index (χ4n) is 1.89. The van der Waals surface area contributed by atoms with E-state index in [4.69, 9.17) is 11.5 Å². The second-order valence-electron chi connectivity index (χ2n) is 3.96. The lowest BCUT2D eigenvalue weighted by Crippen LogP contribution is -2.38. The van der Waals surface area contributed by atoms with E-state index >= 15 is 0 Å². The molecule has 1 aromatic rings. The van der Waals surface area contributed by atoms with Gasteiger partial charge in [0.1, 0.15) is 10.6 Å². The lowest BCUT2D eigenvalue weighted by atomic mass is 10.2. The Labute approximate surface area is 109 Å². The standard InChI is InChI=1S/C10H16N4OS2/c1-2-6-5-14(3-4-16-6)10-7(9(12)15)8(11)13-17-10/h6H,2-5H2,1H3,(H2,11,13)(H2,12,15). The molecule has 0 radical (unpaired) electrons. The van der Waals surface area contributed by atoms with Crippen LogP contribution in [0.2, 0.25) is 0 Å². The third-order valence-corrected chi connectivity index (χ3v) is 5.12. The van der Waals surface area contributed by atoms with Crippen LogP contribution in [0.25, 0.3) is 0 Å². The predicted octanol–water partition coefficient (Wildman–Crippen LogP) is 1.16. The van der Waals surface area contributed by atoms with Crippen LogP contribution in [0.5, 0.6) is 0 Å². The van der Waals surface area contributed by atoms with E-state index in [9.17, 15) is 4.79 Å². The molecule has 7 heteroatoms. The van der Waals surface area contributed by atoms with Gasteiger partial charge in [-0.25, -0.2) is 0 Å². The first-order valence-corrected chi connectivity index (χ1v) is 7.37. The molecule has 5 nitrogen and oxygen atoms in total. The van der Waals surface area contributed by atoms with E-state index in [1.807, 2.05) is 11.8 Å². The average Bonchev–Trinajstić information content (AvgIpc) is 2.71. The van der Waals surface area contributed by atoms with Crippen molar-refractivity contribution in [1.29, 1.82) is 0 Å². The molecule has 0 aromatic carbocycles. The number of hydrogen-bond donors (Lipinski definition) is 2. The summed E-state index contributed by atoms with van der Waals surface area (Å²) in [6.45, 7) is 4.03. The van der Waals surface area contributed by atoms with Gasteiger partial charge in [-0.15, -0.1) is 0 Å². The van der Waals surface area contributed by atoms with Crippen LogP contribution >= 0.6 is 23.3 Å². The van der Waals surface area contributed by atoms with E-state index in [1.54, 1.807) is 0 Å². The van der Waals surface area contributed by atoms with Crippen molar-refractivity contribution in [2.75, 3.05) is 29.5 Å². The molecule has 1 aliphatic heterocycles. The molecule has 0 saturated carbocycles. The number of thioether (sulfide) groups is 1. The van der Waals surface area contributed by atoms with Gasteiger partial charge in [0, 0.05) is 24.1 Å². The number of nitrogens with zero attached hydrogens (tertiary/aromatic N) is 2. The summed E-state index contributed by atoms with van der Waals surface area (Å²) in [4.78, 5) is 13.6. The SMILES string of the molecule is CCC1CN(c2snc(N)c2C(N)=O)CCS1. The minimum atomic E-state index is -0.488. The number of carbonyl (C=O) groups is 1. The summed E-state index contributed by atoms with van der Waals surface area (Å²) in [5, 5.41) is 1.43. The Kier molecular flexibility index (Phi) is 3.78. The van der Waals surface area contributed by atoms with Crippen molar-refractivity contribution in [2.45, 2.75) is 18.6 Å². The van der Waals surface area contributed by atoms with Crippen molar-refractivity contribution >= 4 is 40.0 Å². The van der Waals surface area contributed by atoms with Crippen LogP contribution in [-0.2, 0) is 0 Å². The molecule has 2 heterocycles. The van der Waals surface area contributed by atoms with E-state index in [0.29, 0.717) is 10.8 Å². The van der Waals surface area contributed by atoms with E-state index in [1.165, 1.54) is 11.5 Å². The molecule has 2 rings (SSSR count). The van der Waals surface area contributed by atoms with Crippen LogP contribution < -0.4 is 16.4 Å². The molecular weight excluding hydrogens is 256 g/mol. The summed E-state index contributed by atoms with van der Waals surface area (Å²) in [6.07, 6.45) is 1.13. The van der Waals surface area contributed by atoms with Gasteiger partial charge < -0.3 is 16.4 Å². The van der Waals surface area contributed by atoms with E-state index in [2.05, 4.69) is 16.2 Å². The van der Waals surface area contributed by atoms with Crippen molar-refractivity contribution in [2.24, 2.45) is 5.73 Å². The van der Waals surface area contributed by atoms with Crippen LogP contribution in [0, 0.1) is 0 Å². The van der Waals surface area contributed by atoms with Crippen molar-refractivity contribution in [3.05, 3.63) is 5.56 Å². The van der Waals surface area contributed by atoms with Gasteiger partial charge in [0.05, 0.1) is 0 Å². The van der Waals surface area contributed by atoms with Gasteiger partial charge in [-0.05, 0) is 18.0 Å². The molecule has 1 aromatic heterocycles. The largest absolute Gasteiger partial charge is 0.382 e. The number of nitrogens with two attached hydrogens (primary N) is 2. The lowest BCUT2D eigenvalue weighted by Gasteiger charge is -2.32. The fourth-order valence-corrected chi connectivity index (χ4v) is 3.93. The van der Waals surface area contributed by atoms with E-state index < -0.39 is 5.91 Å². The monoisotopic (exact) mass is 272 g/mol. The van der Waals surface area contributed by atoms with Gasteiger partial charge >= 0.3 is 0 Å². The maximum absolute atomic E-state index is 11.4. The highest BCUT2D eigenvalue weighted by atomic mass is 32.2. The molecule has 17 heavy (non-hydrogen) atoms. The molecule has 1 saturated heterocycles. The van der Waals surface area contributed by atoms with Crippen LogP contribution in [0.4, 0.5) is 10.8 Å². The summed E-state index contributed by atoms with van der Waals surface area (Å²) < 4.78 is 4.03. The second-order valence-corrected chi connectivity index (χ2v) is 6.12. The molecule has 1 atom stereocenters. The molecular formula is C10H16N4OS2. The topological polar surface area (TPSA) is 85.2 Å². The Morgan fingerprint density at radius 1 is 1.65 bits per heavy atom. The first-order chi connectivity index (χ1) is 8.13. The van der Waals surface area contributed by atoms with Gasteiger partial charge in [0.2, 0.25) is 0 Å². The van der Waals surface area contributed by atoms with Crippen molar-refractivity contribution < 1.29 is 4.79 Å². The highest BCUT2D eigenvalue weighted by molar-refractivity contribution is 8.00. The molecule has 1 unspecified atom stereocenters. The lowest BCUT2D eigenvalue weighted by molar-refractivity contribution is 0.100. The summed E-state index contributed by atoms with van der Waals surface area (Å²) >= 11 is 3.24. The zero-order valence-corrected chi connectivity index (χ0v) is 11.3. The summed E-state index contributed by atoms with van der Waals surface area (Å²) in [6, 6.07) is 0. The van der Waals surface area contributed by atoms with Gasteiger partial charge in [-0.1, -0.05) is 6.92 Å². The minimum absolute atomic E-state index is 0.253. The first kappa shape index (κ1) is 12.5. The van der Waals surface area contributed by atoms with Crippen molar-refractivity contribution in [1.82, 2.24) is 4.37 Å². The summed E-state index contributed by atoms with van der Waals surface area (Å²) in [7, 11) is 0. The van der Waals surface area contributed by atoms with Crippen LogP contribution in [0.15, 0.2) is 0 Å². The number of anilines is 2. The average molecular weight is 272 g/mol. The minimum Gasteiger partial charge on any atom is -0.382 e. The molecule has 0 spiro atoms. The number of nitrogen functional groups attached to an aromatic ring is 1. The molecule has 0 bridgehead atoms. The van der Waals surface area contributed by atoms with E-state index in [0.717, 1.165) is 30.3 Å². The second kappa shape index (κ2) is 5.14. The Balaban J connectivity index is 2.24. The molecule has 1 amide bonds. The zero-order chi connectivity index (χ0) is 12.4. The quantitative estimate of drug-likeness (QED) is 0.862. The normalized spacial score (nSPS) is 20.5. The van der Waals surface area contributed by atoms with Crippen LogP contribution in [0.3, 0.4) is 0 Å². The van der Waals surface area contributed by atoms with Crippen LogP contribution in [-0.4, -0.2) is 34.4 Å². The summed E-state index contributed by atoms with van der Waals surface area (Å²) in [5.41, 5.74) is 11.4. The van der Waals surface area contributed by atoms with E-state index in [-0.39, 0.29) is 5.82 Å². The third-order valence-electron chi connectivity index (χ3n) is 2.83. The highest BCUT2D eigenvalue weighted by Crippen LogP contribution is 2.33. The molecule has 0 aliphatic carbocycles. The maximum atomic E-state index is 11.4. The Morgan fingerprint density at radius 2 is 2.41 bits per heavy atom. The highest BCUT2D eigenvalue weighted by Gasteiger charge is 2.26. The fraction of sp³-hybridized carbons (Fsp3) is 0.600. The molecule has 94 valence electrons. The Hall–Kier alpha value is -0.950. The third kappa shape index (κ3) is 2.50. The molecule has 1 aliphatic rings. The predicted molar refractivity (Wildman–Crippen MR) is 73.8 cm³/mol. The molecule has 4 N–H and O–H groups in total. The number of aromatic nitrogens is 1. The number of carbonyl (C=O) groups excluding carboxylic acids is 1. The zero-order valence-electron chi connectivity index (χ0n) is 9.68. The number of hydrogen-bond acceptors (Lipinski definition) is 6. The van der Waals surface area contributed by atoms with Crippen molar-refractivity contribution in [3.8, 4) is 0 Å². The van der Waals surface area contributed by atoms with Gasteiger partial charge in [0.15, 0.2) is 5.82 Å². The number of amides is 1. The summed E-state index contributed by atoms with van der Waals surface area (Å²) in [5.74, 6) is 0.829. The van der Waals surface area contributed by atoms with Gasteiger partial charge in [0.25, 0.3) is 5.91 Å². The van der Waals surface area contributed by atoms with Crippen molar-refractivity contribution in [3.63, 3.8) is 0 Å². The number of primary amides is 1. The Morgan fingerprint density at radius 3 is 3.06 bits per heavy atom. The van der Waals surface area contributed by atoms with Crippen LogP contribution in [0.1, 0.15) is 23.7 Å². The van der Waals surface area contributed by atoms with Gasteiger partial charge in [-0.3, -0.25) is 4.79 Å². The molecule has 1 fully saturated rings. The van der Waals surface area contributed by atoms with Gasteiger partial charge in [-0.2, -0.15) is 16.1 Å². The maximum Gasteiger partial charge on any atom is 0.255 e. The Bertz CT molecular complexity index is 420. The number of rotatable bonds is 3.